The molecule has 0 aliphatic carbocycles. The van der Waals surface area contributed by atoms with Gasteiger partial charge in [-0.1, -0.05) is 0 Å². The smallest absolute Gasteiger partial charge is 0.128 e. The molecule has 66 valence electrons. The summed E-state index contributed by atoms with van der Waals surface area (Å²) in [6.07, 6.45) is 0. The van der Waals surface area contributed by atoms with Crippen LogP contribution < -0.4 is 11.3 Å². The summed E-state index contributed by atoms with van der Waals surface area (Å²) in [5.74, 6) is 4.16. The van der Waals surface area contributed by atoms with Crippen molar-refractivity contribution in [2.75, 3.05) is 0 Å². The van der Waals surface area contributed by atoms with Crippen molar-refractivity contribution in [1.82, 2.24) is 5.43 Å². The molecule has 12 heavy (non-hydrogen) atoms. The largest absolute Gasteiger partial charge is 0.271 e. The Kier molecular flexibility index (Phi) is 2.73. The lowest BCUT2D eigenvalue weighted by molar-refractivity contribution is 0.530. The van der Waals surface area contributed by atoms with Crippen LogP contribution in [0, 0.1) is 11.6 Å². The number of benzene rings is 1. The zero-order valence-electron chi connectivity index (χ0n) is 6.64. The first-order valence-electron chi connectivity index (χ1n) is 3.56. The molecular formula is C8H10F2N2. The molecule has 0 radical (unpaired) electrons. The lowest BCUT2D eigenvalue weighted by atomic mass is 10.1. The normalized spacial score (nSPS) is 13.0. The van der Waals surface area contributed by atoms with Crippen LogP contribution in [-0.4, -0.2) is 0 Å². The fraction of sp³-hybridized carbons (Fsp3) is 0.250. The lowest BCUT2D eigenvalue weighted by Gasteiger charge is -2.10. The molecule has 3 N–H and O–H groups in total. The van der Waals surface area contributed by atoms with Crippen molar-refractivity contribution in [2.45, 2.75) is 13.0 Å². The minimum atomic E-state index is -0.464. The zero-order valence-corrected chi connectivity index (χ0v) is 6.64. The number of halogens is 2. The molecule has 0 bridgehead atoms. The van der Waals surface area contributed by atoms with E-state index in [9.17, 15) is 8.78 Å². The Bertz CT molecular complexity index is 276. The molecular weight excluding hydrogens is 162 g/mol. The molecule has 0 fully saturated rings. The van der Waals surface area contributed by atoms with E-state index in [1.165, 1.54) is 0 Å². The van der Waals surface area contributed by atoms with Crippen molar-refractivity contribution >= 4 is 0 Å². The third-order valence-electron chi connectivity index (χ3n) is 1.67. The standard InChI is InChI=1S/C8H10F2N2/c1-5(12-11)7-4-6(9)2-3-8(7)10/h2-5,12H,11H2,1H3/t5-/m0/s1. The first-order chi connectivity index (χ1) is 5.65. The molecule has 0 aliphatic rings. The van der Waals surface area contributed by atoms with Crippen LogP contribution in [0.3, 0.4) is 0 Å². The van der Waals surface area contributed by atoms with Crippen molar-refractivity contribution in [3.63, 3.8) is 0 Å². The summed E-state index contributed by atoms with van der Waals surface area (Å²) in [4.78, 5) is 0. The highest BCUT2D eigenvalue weighted by atomic mass is 19.1. The first kappa shape index (κ1) is 9.09. The molecule has 0 saturated carbocycles. The number of hydrogen-bond donors (Lipinski definition) is 2. The van der Waals surface area contributed by atoms with Gasteiger partial charge in [-0.3, -0.25) is 11.3 Å². The molecule has 1 aromatic rings. The molecule has 1 aromatic carbocycles. The number of hydrogen-bond acceptors (Lipinski definition) is 2. The highest BCUT2D eigenvalue weighted by Crippen LogP contribution is 2.16. The Balaban J connectivity index is 3.04. The van der Waals surface area contributed by atoms with Gasteiger partial charge in [0.2, 0.25) is 0 Å². The van der Waals surface area contributed by atoms with E-state index in [0.717, 1.165) is 18.2 Å². The average Bonchev–Trinajstić information content (AvgIpc) is 2.08. The maximum atomic E-state index is 12.9. The van der Waals surface area contributed by atoms with Gasteiger partial charge < -0.3 is 0 Å². The summed E-state index contributed by atoms with van der Waals surface area (Å²) in [6.45, 7) is 1.65. The Labute approximate surface area is 69.4 Å². The van der Waals surface area contributed by atoms with E-state index in [1.54, 1.807) is 6.92 Å². The van der Waals surface area contributed by atoms with Gasteiger partial charge in [-0.15, -0.1) is 0 Å². The predicted octanol–water partition coefficient (Wildman–Crippen LogP) is 1.49. The highest BCUT2D eigenvalue weighted by molar-refractivity contribution is 5.21. The van der Waals surface area contributed by atoms with Gasteiger partial charge >= 0.3 is 0 Å². The van der Waals surface area contributed by atoms with Gasteiger partial charge in [0, 0.05) is 11.6 Å². The molecule has 1 rings (SSSR count). The van der Waals surface area contributed by atoms with Gasteiger partial charge in [0.1, 0.15) is 11.6 Å². The van der Waals surface area contributed by atoms with Crippen molar-refractivity contribution in [3.05, 3.63) is 35.4 Å². The van der Waals surface area contributed by atoms with Gasteiger partial charge in [0.15, 0.2) is 0 Å². The molecule has 0 unspecified atom stereocenters. The fourth-order valence-corrected chi connectivity index (χ4v) is 0.936. The average molecular weight is 172 g/mol. The van der Waals surface area contributed by atoms with E-state index in [0.29, 0.717) is 0 Å². The molecule has 0 amide bonds. The molecule has 0 aromatic heterocycles. The zero-order chi connectivity index (χ0) is 9.14. The van der Waals surface area contributed by atoms with E-state index in [1.807, 2.05) is 0 Å². The third kappa shape index (κ3) is 1.78. The lowest BCUT2D eigenvalue weighted by Crippen LogP contribution is -2.26. The minimum absolute atomic E-state index is 0.234. The van der Waals surface area contributed by atoms with Crippen LogP contribution in [0.1, 0.15) is 18.5 Å². The van der Waals surface area contributed by atoms with Crippen LogP contribution in [-0.2, 0) is 0 Å². The van der Waals surface area contributed by atoms with Gasteiger partial charge in [-0.2, -0.15) is 0 Å². The Morgan fingerprint density at radius 3 is 2.67 bits per heavy atom. The Hall–Kier alpha value is -1.00. The van der Waals surface area contributed by atoms with Crippen molar-refractivity contribution in [2.24, 2.45) is 5.84 Å². The quantitative estimate of drug-likeness (QED) is 0.524. The van der Waals surface area contributed by atoms with Gasteiger partial charge in [-0.05, 0) is 25.1 Å². The van der Waals surface area contributed by atoms with Gasteiger partial charge in [0.05, 0.1) is 0 Å². The maximum Gasteiger partial charge on any atom is 0.128 e. The molecule has 0 heterocycles. The second-order valence-corrected chi connectivity index (χ2v) is 2.55. The van der Waals surface area contributed by atoms with Crippen LogP contribution in [0.4, 0.5) is 8.78 Å². The molecule has 0 saturated heterocycles. The number of hydrazine groups is 1. The van der Waals surface area contributed by atoms with Crippen molar-refractivity contribution < 1.29 is 8.78 Å². The highest BCUT2D eigenvalue weighted by Gasteiger charge is 2.09. The van der Waals surface area contributed by atoms with Crippen LogP contribution in [0.5, 0.6) is 0 Å². The van der Waals surface area contributed by atoms with Crippen LogP contribution in [0.15, 0.2) is 18.2 Å². The topological polar surface area (TPSA) is 38.0 Å². The molecule has 1 atom stereocenters. The number of rotatable bonds is 2. The molecule has 4 heteroatoms. The minimum Gasteiger partial charge on any atom is -0.271 e. The summed E-state index contributed by atoms with van der Waals surface area (Å²) in [6, 6.07) is 2.89. The van der Waals surface area contributed by atoms with Gasteiger partial charge in [0.25, 0.3) is 0 Å². The molecule has 0 spiro atoms. The fourth-order valence-electron chi connectivity index (χ4n) is 0.936. The second-order valence-electron chi connectivity index (χ2n) is 2.55. The first-order valence-corrected chi connectivity index (χ1v) is 3.56. The predicted molar refractivity (Wildman–Crippen MR) is 42.1 cm³/mol. The van der Waals surface area contributed by atoms with Crippen molar-refractivity contribution in [3.8, 4) is 0 Å². The van der Waals surface area contributed by atoms with Crippen LogP contribution in [0.2, 0.25) is 0 Å². The third-order valence-corrected chi connectivity index (χ3v) is 1.67. The second kappa shape index (κ2) is 3.60. The SMILES string of the molecule is C[C@H](NN)c1cc(F)ccc1F. The monoisotopic (exact) mass is 172 g/mol. The van der Waals surface area contributed by atoms with E-state index in [4.69, 9.17) is 5.84 Å². The number of nitrogens with two attached hydrogens (primary N) is 1. The Morgan fingerprint density at radius 2 is 2.08 bits per heavy atom. The van der Waals surface area contributed by atoms with E-state index in [2.05, 4.69) is 5.43 Å². The maximum absolute atomic E-state index is 12.9. The summed E-state index contributed by atoms with van der Waals surface area (Å²) >= 11 is 0. The molecule has 0 aliphatic heterocycles. The summed E-state index contributed by atoms with van der Waals surface area (Å²) in [5, 5.41) is 0. The van der Waals surface area contributed by atoms with Crippen LogP contribution in [0.25, 0.3) is 0 Å². The van der Waals surface area contributed by atoms with Crippen molar-refractivity contribution in [1.29, 1.82) is 0 Å². The Morgan fingerprint density at radius 1 is 1.42 bits per heavy atom. The van der Waals surface area contributed by atoms with Crippen LogP contribution >= 0.6 is 0 Å². The van der Waals surface area contributed by atoms with Gasteiger partial charge in [-0.25, -0.2) is 8.78 Å². The van der Waals surface area contributed by atoms with E-state index in [-0.39, 0.29) is 11.6 Å². The molecule has 2 nitrogen and oxygen atoms in total. The summed E-state index contributed by atoms with van der Waals surface area (Å²) in [7, 11) is 0. The van der Waals surface area contributed by atoms with E-state index >= 15 is 0 Å². The number of nitrogens with one attached hydrogen (secondary N) is 1. The van der Waals surface area contributed by atoms with E-state index < -0.39 is 11.6 Å². The summed E-state index contributed by atoms with van der Waals surface area (Å²) in [5.41, 5.74) is 2.58. The summed E-state index contributed by atoms with van der Waals surface area (Å²) < 4.78 is 25.6.